The number of rotatable bonds is 2. The molecule has 0 saturated heterocycles. The van der Waals surface area contributed by atoms with Crippen molar-refractivity contribution >= 4 is 17.6 Å². The van der Waals surface area contributed by atoms with Crippen LogP contribution in [0.2, 0.25) is 5.02 Å². The maximum atomic E-state index is 11.6. The summed E-state index contributed by atoms with van der Waals surface area (Å²) in [4.78, 5) is 13.9. The number of nitrogens with zero attached hydrogens (tertiary/aromatic N) is 5. The quantitative estimate of drug-likeness (QED) is 0.824. The Labute approximate surface area is 109 Å². The molecule has 18 heavy (non-hydrogen) atoms. The highest BCUT2D eigenvalue weighted by Crippen LogP contribution is 2.16. The van der Waals surface area contributed by atoms with Crippen molar-refractivity contribution in [2.75, 3.05) is 14.1 Å². The van der Waals surface area contributed by atoms with Gasteiger partial charge in [0.05, 0.1) is 0 Å². The standard InChI is InChI=1S/C11H12ClN5O/c1-16(2)11(18)17-14-10(13-15-17)7-8-5-3-4-6-9(8)12/h3-6H,7H2,1-2H3. The molecule has 6 nitrogen and oxygen atoms in total. The van der Waals surface area contributed by atoms with Gasteiger partial charge in [-0.2, -0.15) is 0 Å². The van der Waals surface area contributed by atoms with Gasteiger partial charge in [0.15, 0.2) is 5.82 Å². The number of halogens is 1. The van der Waals surface area contributed by atoms with E-state index in [9.17, 15) is 4.79 Å². The molecule has 7 heteroatoms. The van der Waals surface area contributed by atoms with Gasteiger partial charge >= 0.3 is 6.03 Å². The molecule has 2 aromatic rings. The van der Waals surface area contributed by atoms with Crippen LogP contribution in [-0.2, 0) is 6.42 Å². The summed E-state index contributed by atoms with van der Waals surface area (Å²) in [7, 11) is 3.25. The van der Waals surface area contributed by atoms with E-state index in [-0.39, 0.29) is 6.03 Å². The van der Waals surface area contributed by atoms with Crippen LogP contribution < -0.4 is 0 Å². The van der Waals surface area contributed by atoms with Gasteiger partial charge in [0, 0.05) is 25.5 Å². The van der Waals surface area contributed by atoms with Crippen LogP contribution in [0.25, 0.3) is 0 Å². The fourth-order valence-corrected chi connectivity index (χ4v) is 1.59. The number of amides is 1. The summed E-state index contributed by atoms with van der Waals surface area (Å²) >= 11 is 6.04. The Kier molecular flexibility index (Phi) is 3.57. The van der Waals surface area contributed by atoms with Crippen LogP contribution >= 0.6 is 11.6 Å². The van der Waals surface area contributed by atoms with E-state index in [0.29, 0.717) is 17.3 Å². The first-order chi connectivity index (χ1) is 8.58. The average molecular weight is 266 g/mol. The van der Waals surface area contributed by atoms with Crippen molar-refractivity contribution in [3.63, 3.8) is 0 Å². The zero-order chi connectivity index (χ0) is 13.1. The summed E-state index contributed by atoms with van der Waals surface area (Å²) < 4.78 is 0. The molecule has 0 atom stereocenters. The minimum absolute atomic E-state index is 0.340. The Hall–Kier alpha value is -1.95. The molecular formula is C11H12ClN5O. The molecule has 1 aromatic heterocycles. The third-order valence-corrected chi connectivity index (χ3v) is 2.68. The zero-order valence-electron chi connectivity index (χ0n) is 10.0. The van der Waals surface area contributed by atoms with Gasteiger partial charge in [0.25, 0.3) is 0 Å². The lowest BCUT2D eigenvalue weighted by atomic mass is 10.1. The highest BCUT2D eigenvalue weighted by molar-refractivity contribution is 6.31. The number of carbonyl (C=O) groups excluding carboxylic acids is 1. The van der Waals surface area contributed by atoms with Gasteiger partial charge in [-0.1, -0.05) is 34.6 Å². The second kappa shape index (κ2) is 5.14. The largest absolute Gasteiger partial charge is 0.362 e. The predicted octanol–water partition coefficient (Wildman–Crippen LogP) is 1.45. The lowest BCUT2D eigenvalue weighted by Crippen LogP contribution is -2.29. The van der Waals surface area contributed by atoms with Crippen molar-refractivity contribution in [3.05, 3.63) is 40.7 Å². The molecule has 94 valence electrons. The number of tetrazole rings is 1. The van der Waals surface area contributed by atoms with Crippen molar-refractivity contribution in [2.24, 2.45) is 0 Å². The molecule has 0 N–H and O–H groups in total. The third-order valence-electron chi connectivity index (χ3n) is 2.32. The molecule has 2 rings (SSSR count). The van der Waals surface area contributed by atoms with E-state index in [0.717, 1.165) is 10.4 Å². The Morgan fingerprint density at radius 3 is 2.78 bits per heavy atom. The highest BCUT2D eigenvalue weighted by Gasteiger charge is 2.13. The summed E-state index contributed by atoms with van der Waals surface area (Å²) in [6.07, 6.45) is 0.445. The fourth-order valence-electron chi connectivity index (χ4n) is 1.39. The normalized spacial score (nSPS) is 10.4. The lowest BCUT2D eigenvalue weighted by Gasteiger charge is -2.06. The van der Waals surface area contributed by atoms with E-state index >= 15 is 0 Å². The zero-order valence-corrected chi connectivity index (χ0v) is 10.8. The fraction of sp³-hybridized carbons (Fsp3) is 0.273. The second-order valence-electron chi connectivity index (χ2n) is 3.94. The summed E-state index contributed by atoms with van der Waals surface area (Å²) in [6, 6.07) is 7.08. The van der Waals surface area contributed by atoms with E-state index < -0.39 is 0 Å². The van der Waals surface area contributed by atoms with Crippen LogP contribution in [0.3, 0.4) is 0 Å². The predicted molar refractivity (Wildman–Crippen MR) is 66.6 cm³/mol. The first-order valence-electron chi connectivity index (χ1n) is 5.32. The monoisotopic (exact) mass is 265 g/mol. The van der Waals surface area contributed by atoms with Crippen molar-refractivity contribution in [2.45, 2.75) is 6.42 Å². The van der Waals surface area contributed by atoms with Gasteiger partial charge in [-0.3, -0.25) is 0 Å². The number of benzene rings is 1. The molecule has 0 aliphatic rings. The maximum absolute atomic E-state index is 11.6. The van der Waals surface area contributed by atoms with Gasteiger partial charge in [0.2, 0.25) is 0 Å². The van der Waals surface area contributed by atoms with Crippen molar-refractivity contribution in [3.8, 4) is 0 Å². The first kappa shape index (κ1) is 12.5. The van der Waals surface area contributed by atoms with Crippen LogP contribution in [0.1, 0.15) is 11.4 Å². The van der Waals surface area contributed by atoms with Gasteiger partial charge in [-0.25, -0.2) is 4.79 Å². The molecule has 0 saturated carbocycles. The lowest BCUT2D eigenvalue weighted by molar-refractivity contribution is 0.211. The Balaban J connectivity index is 2.17. The smallest absolute Gasteiger partial charge is 0.328 e. The molecule has 0 unspecified atom stereocenters. The minimum Gasteiger partial charge on any atom is -0.328 e. The van der Waals surface area contributed by atoms with Gasteiger partial charge in [0.1, 0.15) is 0 Å². The van der Waals surface area contributed by atoms with Crippen LogP contribution in [-0.4, -0.2) is 45.2 Å². The first-order valence-corrected chi connectivity index (χ1v) is 5.69. The summed E-state index contributed by atoms with van der Waals surface area (Å²) in [5.41, 5.74) is 0.899. The summed E-state index contributed by atoms with van der Waals surface area (Å²) in [6.45, 7) is 0. The van der Waals surface area contributed by atoms with Crippen LogP contribution in [0, 0.1) is 0 Å². The van der Waals surface area contributed by atoms with E-state index in [4.69, 9.17) is 11.6 Å². The molecule has 1 heterocycles. The average Bonchev–Trinajstić information content (AvgIpc) is 2.79. The Morgan fingerprint density at radius 1 is 1.39 bits per heavy atom. The Bertz CT molecular complexity index is 566. The van der Waals surface area contributed by atoms with Crippen molar-refractivity contribution < 1.29 is 4.79 Å². The molecule has 0 spiro atoms. The molecule has 1 amide bonds. The molecular weight excluding hydrogens is 254 g/mol. The van der Waals surface area contributed by atoms with E-state index in [2.05, 4.69) is 15.4 Å². The molecule has 0 aliphatic carbocycles. The molecule has 0 fully saturated rings. The number of hydrogen-bond acceptors (Lipinski definition) is 4. The highest BCUT2D eigenvalue weighted by atomic mass is 35.5. The third kappa shape index (κ3) is 2.65. The molecule has 1 aromatic carbocycles. The van der Waals surface area contributed by atoms with Crippen LogP contribution in [0.4, 0.5) is 4.79 Å². The van der Waals surface area contributed by atoms with Gasteiger partial charge < -0.3 is 4.90 Å². The number of aromatic nitrogens is 4. The topological polar surface area (TPSA) is 63.9 Å². The maximum Gasteiger partial charge on any atom is 0.362 e. The van der Waals surface area contributed by atoms with E-state index in [1.54, 1.807) is 20.2 Å². The van der Waals surface area contributed by atoms with E-state index in [1.807, 2.05) is 18.2 Å². The minimum atomic E-state index is -0.340. The molecule has 0 radical (unpaired) electrons. The van der Waals surface area contributed by atoms with Crippen molar-refractivity contribution in [1.82, 2.24) is 25.1 Å². The summed E-state index contributed by atoms with van der Waals surface area (Å²) in [5.74, 6) is 0.457. The number of carbonyl (C=O) groups is 1. The van der Waals surface area contributed by atoms with Gasteiger partial charge in [-0.15, -0.1) is 10.2 Å². The number of hydrogen-bond donors (Lipinski definition) is 0. The SMILES string of the molecule is CN(C)C(=O)n1nnc(Cc2ccccc2Cl)n1. The molecule has 0 aliphatic heterocycles. The van der Waals surface area contributed by atoms with E-state index in [1.165, 1.54) is 4.90 Å². The Morgan fingerprint density at radius 2 is 2.11 bits per heavy atom. The summed E-state index contributed by atoms with van der Waals surface area (Å²) in [5, 5.41) is 12.2. The van der Waals surface area contributed by atoms with Gasteiger partial charge in [-0.05, 0) is 16.8 Å². The molecule has 0 bridgehead atoms. The van der Waals surface area contributed by atoms with Crippen LogP contribution in [0.15, 0.2) is 24.3 Å². The second-order valence-corrected chi connectivity index (χ2v) is 4.35. The van der Waals surface area contributed by atoms with Crippen LogP contribution in [0.5, 0.6) is 0 Å². The van der Waals surface area contributed by atoms with Crippen molar-refractivity contribution in [1.29, 1.82) is 0 Å².